The Morgan fingerprint density at radius 3 is 2.50 bits per heavy atom. The van der Waals surface area contributed by atoms with E-state index < -0.39 is 37.3 Å². The molecule has 0 spiro atoms. The maximum Gasteiger partial charge on any atom is 0.163 e. The highest BCUT2D eigenvalue weighted by atomic mass is 32.1. The van der Waals surface area contributed by atoms with Crippen molar-refractivity contribution in [3.63, 3.8) is 0 Å². The van der Waals surface area contributed by atoms with Gasteiger partial charge in [-0.3, -0.25) is 0 Å². The molecule has 1 aliphatic rings. The van der Waals surface area contributed by atoms with Gasteiger partial charge in [-0.15, -0.1) is 11.3 Å². The second kappa shape index (κ2) is 7.77. The fourth-order valence-electron chi connectivity index (χ4n) is 4.25. The number of nitrogens with zero attached hydrogens (tertiary/aromatic N) is 1. The van der Waals surface area contributed by atoms with Crippen molar-refractivity contribution in [1.82, 2.24) is 4.57 Å². The summed E-state index contributed by atoms with van der Waals surface area (Å²) in [7, 11) is 0. The zero-order chi connectivity index (χ0) is 20.8. The van der Waals surface area contributed by atoms with E-state index in [0.29, 0.717) is 0 Å². The summed E-state index contributed by atoms with van der Waals surface area (Å²) in [5.74, 6) is 0. The van der Waals surface area contributed by atoms with Crippen LogP contribution in [0.25, 0.3) is 21.0 Å². The molecule has 3 heterocycles. The predicted octanol–water partition coefficient (Wildman–Crippen LogP) is 2.42. The average molecular weight is 426 g/mol. The molecule has 1 saturated heterocycles. The Labute approximate surface area is 177 Å². The van der Waals surface area contributed by atoms with Crippen LogP contribution in [-0.2, 0) is 11.2 Å². The fraction of sp³-hybridized carbons (Fsp3) is 0.304. The zero-order valence-electron chi connectivity index (χ0n) is 16.1. The maximum atomic E-state index is 10.6. The third-order valence-corrected chi connectivity index (χ3v) is 6.92. The first-order valence-corrected chi connectivity index (χ1v) is 10.7. The molecule has 0 aliphatic carbocycles. The molecule has 3 unspecified atom stereocenters. The van der Waals surface area contributed by atoms with Gasteiger partial charge in [-0.1, -0.05) is 36.4 Å². The average Bonchev–Trinajstić information content (AvgIpc) is 3.34. The van der Waals surface area contributed by atoms with Crippen LogP contribution < -0.4 is 0 Å². The Morgan fingerprint density at radius 2 is 1.70 bits per heavy atom. The van der Waals surface area contributed by atoms with E-state index in [2.05, 4.69) is 18.2 Å². The third-order valence-electron chi connectivity index (χ3n) is 5.81. The van der Waals surface area contributed by atoms with Gasteiger partial charge in [0.15, 0.2) is 6.23 Å². The molecule has 6 nitrogen and oxygen atoms in total. The van der Waals surface area contributed by atoms with E-state index in [-0.39, 0.29) is 0 Å². The number of hydrogen-bond donors (Lipinski definition) is 4. The molecule has 30 heavy (non-hydrogen) atoms. The monoisotopic (exact) mass is 425 g/mol. The SMILES string of the molecule is OCC1OC(n2cc(Cc3cc4ccccc4s3)c3ccccc32)[C@H](O)C(O)[C@@H]1O. The first-order chi connectivity index (χ1) is 14.6. The van der Waals surface area contributed by atoms with Gasteiger partial charge in [0.1, 0.15) is 24.4 Å². The summed E-state index contributed by atoms with van der Waals surface area (Å²) in [5, 5.41) is 42.7. The number of hydrogen-bond acceptors (Lipinski definition) is 6. The molecule has 4 aromatic rings. The predicted molar refractivity (Wildman–Crippen MR) is 116 cm³/mol. The van der Waals surface area contributed by atoms with E-state index in [1.165, 1.54) is 15.0 Å². The van der Waals surface area contributed by atoms with Crippen molar-refractivity contribution in [3.8, 4) is 0 Å². The molecule has 1 fully saturated rings. The molecule has 5 atom stereocenters. The van der Waals surface area contributed by atoms with Crippen LogP contribution in [0.3, 0.4) is 0 Å². The third kappa shape index (κ3) is 3.24. The Hall–Kier alpha value is -2.26. The molecule has 2 aromatic carbocycles. The summed E-state index contributed by atoms with van der Waals surface area (Å²) in [4.78, 5) is 1.23. The molecular formula is C23H23NO5S. The van der Waals surface area contributed by atoms with Gasteiger partial charge in [0.2, 0.25) is 0 Å². The Morgan fingerprint density at radius 1 is 0.933 bits per heavy atom. The Kier molecular flexibility index (Phi) is 5.10. The minimum Gasteiger partial charge on any atom is -0.394 e. The minimum absolute atomic E-state index is 0.449. The molecule has 0 saturated carbocycles. The lowest BCUT2D eigenvalue weighted by molar-refractivity contribution is -0.250. The van der Waals surface area contributed by atoms with Crippen LogP contribution in [0.5, 0.6) is 0 Å². The van der Waals surface area contributed by atoms with E-state index in [1.807, 2.05) is 42.6 Å². The van der Waals surface area contributed by atoms with Crippen molar-refractivity contribution in [3.05, 3.63) is 71.2 Å². The lowest BCUT2D eigenvalue weighted by Crippen LogP contribution is -2.56. The van der Waals surface area contributed by atoms with Gasteiger partial charge in [-0.2, -0.15) is 0 Å². The number of aliphatic hydroxyl groups is 4. The van der Waals surface area contributed by atoms with Gasteiger partial charge < -0.3 is 29.7 Å². The lowest BCUT2D eigenvalue weighted by Gasteiger charge is -2.40. The van der Waals surface area contributed by atoms with Crippen LogP contribution in [-0.4, -0.2) is 56.0 Å². The number of benzene rings is 2. The first kappa shape index (κ1) is 19.7. The molecule has 1 aliphatic heterocycles. The Balaban J connectivity index is 1.55. The van der Waals surface area contributed by atoms with Crippen molar-refractivity contribution >= 4 is 32.3 Å². The second-order valence-electron chi connectivity index (χ2n) is 7.73. The molecule has 0 bridgehead atoms. The number of ether oxygens (including phenoxy) is 1. The molecule has 156 valence electrons. The van der Waals surface area contributed by atoms with Crippen LogP contribution in [0.4, 0.5) is 0 Å². The highest BCUT2D eigenvalue weighted by Gasteiger charge is 2.44. The smallest absolute Gasteiger partial charge is 0.163 e. The number of thiophene rings is 1. The number of para-hydroxylation sites is 1. The van der Waals surface area contributed by atoms with Crippen molar-refractivity contribution in [2.24, 2.45) is 0 Å². The number of rotatable bonds is 4. The molecule has 2 aromatic heterocycles. The quantitative estimate of drug-likeness (QED) is 0.403. The van der Waals surface area contributed by atoms with Gasteiger partial charge >= 0.3 is 0 Å². The lowest BCUT2D eigenvalue weighted by atomic mass is 9.98. The van der Waals surface area contributed by atoms with E-state index >= 15 is 0 Å². The molecule has 7 heteroatoms. The number of aromatic nitrogens is 1. The largest absolute Gasteiger partial charge is 0.394 e. The summed E-state index contributed by atoms with van der Waals surface area (Å²) in [5.41, 5.74) is 1.94. The van der Waals surface area contributed by atoms with Crippen LogP contribution in [0, 0.1) is 0 Å². The van der Waals surface area contributed by atoms with Crippen LogP contribution in [0.1, 0.15) is 16.7 Å². The van der Waals surface area contributed by atoms with E-state index in [4.69, 9.17) is 4.74 Å². The van der Waals surface area contributed by atoms with Crippen molar-refractivity contribution in [2.45, 2.75) is 37.1 Å². The minimum atomic E-state index is -1.41. The van der Waals surface area contributed by atoms with Crippen molar-refractivity contribution in [1.29, 1.82) is 0 Å². The summed E-state index contributed by atoms with van der Waals surface area (Å²) in [6.45, 7) is -0.449. The van der Waals surface area contributed by atoms with Crippen LogP contribution in [0.15, 0.2) is 60.8 Å². The summed E-state index contributed by atoms with van der Waals surface area (Å²) >= 11 is 1.75. The molecule has 0 radical (unpaired) electrons. The highest BCUT2D eigenvalue weighted by molar-refractivity contribution is 7.19. The first-order valence-electron chi connectivity index (χ1n) is 9.93. The fourth-order valence-corrected chi connectivity index (χ4v) is 5.34. The molecule has 0 amide bonds. The van der Waals surface area contributed by atoms with Gasteiger partial charge in [-0.25, -0.2) is 0 Å². The standard InChI is InChI=1S/C23H23NO5S/c25-12-18-20(26)21(27)22(28)23(29-18)24-11-14(16-6-2-3-7-17(16)24)10-15-9-13-5-1-4-8-19(13)30-15/h1-9,11,18,20-23,25-28H,10,12H2/t18?,20-,21?,22-,23?/m1/s1. The van der Waals surface area contributed by atoms with E-state index in [9.17, 15) is 20.4 Å². The second-order valence-corrected chi connectivity index (χ2v) is 8.89. The van der Waals surface area contributed by atoms with Gasteiger partial charge in [-0.05, 0) is 29.1 Å². The maximum absolute atomic E-state index is 10.6. The molecular weight excluding hydrogens is 402 g/mol. The van der Waals surface area contributed by atoms with Gasteiger partial charge in [0.05, 0.1) is 12.1 Å². The van der Waals surface area contributed by atoms with E-state index in [0.717, 1.165) is 22.9 Å². The van der Waals surface area contributed by atoms with Crippen LogP contribution >= 0.6 is 11.3 Å². The summed E-state index contributed by atoms with van der Waals surface area (Å²) in [6, 6.07) is 18.3. The number of fused-ring (bicyclic) bond motifs is 2. The normalized spacial score (nSPS) is 27.1. The zero-order valence-corrected chi connectivity index (χ0v) is 16.9. The summed E-state index contributed by atoms with van der Waals surface area (Å²) in [6.07, 6.45) is -3.31. The molecule has 5 rings (SSSR count). The van der Waals surface area contributed by atoms with Gasteiger partial charge in [0, 0.05) is 27.6 Å². The van der Waals surface area contributed by atoms with Crippen molar-refractivity contribution < 1.29 is 25.2 Å². The van der Waals surface area contributed by atoms with Crippen molar-refractivity contribution in [2.75, 3.05) is 6.61 Å². The van der Waals surface area contributed by atoms with E-state index in [1.54, 1.807) is 15.9 Å². The summed E-state index contributed by atoms with van der Waals surface area (Å²) < 4.78 is 8.82. The Bertz CT molecular complexity index is 1150. The highest BCUT2D eigenvalue weighted by Crippen LogP contribution is 2.35. The molecule has 4 N–H and O–H groups in total. The topological polar surface area (TPSA) is 95.1 Å². The van der Waals surface area contributed by atoms with Crippen LogP contribution in [0.2, 0.25) is 0 Å². The number of aliphatic hydroxyl groups excluding tert-OH is 4. The van der Waals surface area contributed by atoms with Gasteiger partial charge in [0.25, 0.3) is 0 Å².